The minimum absolute atomic E-state index is 0.449. The lowest BCUT2D eigenvalue weighted by atomic mass is 9.98. The molecule has 0 amide bonds. The van der Waals surface area contributed by atoms with Crippen molar-refractivity contribution in [2.24, 2.45) is 0 Å². The molecule has 0 spiro atoms. The van der Waals surface area contributed by atoms with Crippen LogP contribution in [0.5, 0.6) is 0 Å². The number of hydrogen-bond donors (Lipinski definition) is 1. The van der Waals surface area contributed by atoms with Crippen LogP contribution in [-0.4, -0.2) is 23.3 Å². The van der Waals surface area contributed by atoms with E-state index in [1.54, 1.807) is 0 Å². The summed E-state index contributed by atoms with van der Waals surface area (Å²) in [6.45, 7) is 2.32. The maximum Gasteiger partial charge on any atom is 0.247 e. The van der Waals surface area contributed by atoms with Crippen LogP contribution >= 0.6 is 0 Å². The molecule has 1 aliphatic rings. The lowest BCUT2D eigenvalue weighted by Gasteiger charge is -2.16. The van der Waals surface area contributed by atoms with Gasteiger partial charge in [-0.3, -0.25) is 0 Å². The SMILES string of the molecule is c1ccc(-c2nnc(C3CC[NH2+]CC3)o2)cc1. The van der Waals surface area contributed by atoms with Crippen LogP contribution in [0.4, 0.5) is 0 Å². The number of nitrogens with two attached hydrogens (primary N) is 1. The third-order valence-electron chi connectivity index (χ3n) is 3.25. The van der Waals surface area contributed by atoms with Crippen LogP contribution in [-0.2, 0) is 0 Å². The van der Waals surface area contributed by atoms with E-state index in [2.05, 4.69) is 15.5 Å². The molecular formula is C13H16N3O+. The molecule has 0 aliphatic carbocycles. The smallest absolute Gasteiger partial charge is 0.247 e. The lowest BCUT2D eigenvalue weighted by Crippen LogP contribution is -2.86. The fourth-order valence-electron chi connectivity index (χ4n) is 2.27. The summed E-state index contributed by atoms with van der Waals surface area (Å²) in [6, 6.07) is 9.93. The molecule has 4 nitrogen and oxygen atoms in total. The molecule has 1 aromatic heterocycles. The van der Waals surface area contributed by atoms with Crippen LogP contribution in [0.2, 0.25) is 0 Å². The van der Waals surface area contributed by atoms with Gasteiger partial charge in [0, 0.05) is 24.3 Å². The summed E-state index contributed by atoms with van der Waals surface area (Å²) in [5, 5.41) is 10.7. The van der Waals surface area contributed by atoms with Crippen molar-refractivity contribution in [3.63, 3.8) is 0 Å². The van der Waals surface area contributed by atoms with Gasteiger partial charge in [0.2, 0.25) is 11.8 Å². The minimum atomic E-state index is 0.449. The Bertz CT molecular complexity index is 474. The number of hydrogen-bond acceptors (Lipinski definition) is 3. The van der Waals surface area contributed by atoms with Crippen LogP contribution in [0.1, 0.15) is 24.7 Å². The standard InChI is InChI=1S/C13H15N3O/c1-2-4-10(5-3-1)12-15-16-13(17-12)11-6-8-14-9-7-11/h1-5,11,14H,6-9H2/p+1. The van der Waals surface area contributed by atoms with E-state index in [0.29, 0.717) is 11.8 Å². The molecule has 0 atom stereocenters. The molecule has 1 aromatic carbocycles. The number of nitrogens with zero attached hydrogens (tertiary/aromatic N) is 2. The molecule has 17 heavy (non-hydrogen) atoms. The molecule has 88 valence electrons. The van der Waals surface area contributed by atoms with Crippen molar-refractivity contribution in [3.05, 3.63) is 36.2 Å². The highest BCUT2D eigenvalue weighted by Gasteiger charge is 2.23. The molecule has 0 unspecified atom stereocenters. The summed E-state index contributed by atoms with van der Waals surface area (Å²) in [5.74, 6) is 1.89. The van der Waals surface area contributed by atoms with Crippen LogP contribution in [0.3, 0.4) is 0 Å². The third kappa shape index (κ3) is 2.22. The van der Waals surface area contributed by atoms with Gasteiger partial charge in [-0.25, -0.2) is 0 Å². The number of piperidine rings is 1. The fourth-order valence-corrected chi connectivity index (χ4v) is 2.27. The number of rotatable bonds is 2. The quantitative estimate of drug-likeness (QED) is 0.842. The highest BCUT2D eigenvalue weighted by atomic mass is 16.4. The van der Waals surface area contributed by atoms with Gasteiger partial charge < -0.3 is 9.73 Å². The Hall–Kier alpha value is -1.68. The van der Waals surface area contributed by atoms with E-state index < -0.39 is 0 Å². The van der Waals surface area contributed by atoms with E-state index in [1.807, 2.05) is 30.3 Å². The van der Waals surface area contributed by atoms with Crippen molar-refractivity contribution in [2.45, 2.75) is 18.8 Å². The van der Waals surface area contributed by atoms with Crippen LogP contribution < -0.4 is 5.32 Å². The summed E-state index contributed by atoms with van der Waals surface area (Å²) < 4.78 is 5.77. The fraction of sp³-hybridized carbons (Fsp3) is 0.385. The highest BCUT2D eigenvalue weighted by Crippen LogP contribution is 2.25. The van der Waals surface area contributed by atoms with E-state index >= 15 is 0 Å². The Labute approximate surface area is 100 Å². The topological polar surface area (TPSA) is 55.5 Å². The molecule has 2 heterocycles. The van der Waals surface area contributed by atoms with E-state index in [0.717, 1.165) is 37.4 Å². The molecule has 1 aliphatic heterocycles. The van der Waals surface area contributed by atoms with Crippen molar-refractivity contribution in [1.82, 2.24) is 10.2 Å². The largest absolute Gasteiger partial charge is 0.420 e. The lowest BCUT2D eigenvalue weighted by molar-refractivity contribution is -0.663. The predicted molar refractivity (Wildman–Crippen MR) is 63.4 cm³/mol. The summed E-state index contributed by atoms with van der Waals surface area (Å²) in [6.07, 6.45) is 2.27. The van der Waals surface area contributed by atoms with Crippen LogP contribution in [0, 0.1) is 0 Å². The predicted octanol–water partition coefficient (Wildman–Crippen LogP) is 1.18. The summed E-state index contributed by atoms with van der Waals surface area (Å²) >= 11 is 0. The second-order valence-corrected chi connectivity index (χ2v) is 4.45. The Morgan fingerprint density at radius 1 is 1.06 bits per heavy atom. The van der Waals surface area contributed by atoms with Gasteiger partial charge in [-0.05, 0) is 12.1 Å². The minimum Gasteiger partial charge on any atom is -0.420 e. The van der Waals surface area contributed by atoms with E-state index in [9.17, 15) is 0 Å². The Morgan fingerprint density at radius 2 is 1.82 bits per heavy atom. The summed E-state index contributed by atoms with van der Waals surface area (Å²) in [7, 11) is 0. The van der Waals surface area contributed by atoms with Gasteiger partial charge in [0.1, 0.15) is 0 Å². The van der Waals surface area contributed by atoms with Gasteiger partial charge in [-0.1, -0.05) is 18.2 Å². The molecule has 1 saturated heterocycles. The van der Waals surface area contributed by atoms with Crippen LogP contribution in [0.25, 0.3) is 11.5 Å². The van der Waals surface area contributed by atoms with Gasteiger partial charge in [0.05, 0.1) is 13.1 Å². The van der Waals surface area contributed by atoms with E-state index in [-0.39, 0.29) is 0 Å². The average molecular weight is 230 g/mol. The first-order valence-corrected chi connectivity index (χ1v) is 6.14. The van der Waals surface area contributed by atoms with Gasteiger partial charge in [-0.2, -0.15) is 0 Å². The zero-order valence-electron chi connectivity index (χ0n) is 9.67. The first-order chi connectivity index (χ1) is 8.43. The first kappa shape index (κ1) is 10.5. The van der Waals surface area contributed by atoms with E-state index in [1.165, 1.54) is 0 Å². The normalized spacial score (nSPS) is 17.2. The Morgan fingerprint density at radius 3 is 2.59 bits per heavy atom. The average Bonchev–Trinajstić information content (AvgIpc) is 2.90. The first-order valence-electron chi connectivity index (χ1n) is 6.14. The van der Waals surface area contributed by atoms with Crippen molar-refractivity contribution >= 4 is 0 Å². The number of aromatic nitrogens is 2. The van der Waals surface area contributed by atoms with Gasteiger partial charge in [-0.15, -0.1) is 10.2 Å². The van der Waals surface area contributed by atoms with Crippen molar-refractivity contribution in [2.75, 3.05) is 13.1 Å². The zero-order valence-corrected chi connectivity index (χ0v) is 9.67. The molecular weight excluding hydrogens is 214 g/mol. The summed E-state index contributed by atoms with van der Waals surface area (Å²) in [4.78, 5) is 0. The maximum atomic E-state index is 5.77. The maximum absolute atomic E-state index is 5.77. The van der Waals surface area contributed by atoms with Crippen LogP contribution in [0.15, 0.2) is 34.7 Å². The molecule has 0 saturated carbocycles. The molecule has 4 heteroatoms. The zero-order chi connectivity index (χ0) is 11.5. The number of quaternary nitrogens is 1. The van der Waals surface area contributed by atoms with Gasteiger partial charge in [0.15, 0.2) is 0 Å². The molecule has 2 N–H and O–H groups in total. The van der Waals surface area contributed by atoms with Crippen molar-refractivity contribution < 1.29 is 9.73 Å². The van der Waals surface area contributed by atoms with Gasteiger partial charge >= 0.3 is 0 Å². The molecule has 0 bridgehead atoms. The third-order valence-corrected chi connectivity index (χ3v) is 3.25. The number of benzene rings is 1. The molecule has 0 radical (unpaired) electrons. The second-order valence-electron chi connectivity index (χ2n) is 4.45. The highest BCUT2D eigenvalue weighted by molar-refractivity contribution is 5.51. The Balaban J connectivity index is 1.83. The summed E-state index contributed by atoms with van der Waals surface area (Å²) in [5.41, 5.74) is 0.994. The van der Waals surface area contributed by atoms with E-state index in [4.69, 9.17) is 4.42 Å². The van der Waals surface area contributed by atoms with Crippen molar-refractivity contribution in [3.8, 4) is 11.5 Å². The van der Waals surface area contributed by atoms with Gasteiger partial charge in [0.25, 0.3) is 0 Å². The second kappa shape index (κ2) is 4.67. The molecule has 1 fully saturated rings. The molecule has 3 rings (SSSR count). The Kier molecular flexibility index (Phi) is 2.88. The van der Waals surface area contributed by atoms with Crippen molar-refractivity contribution in [1.29, 1.82) is 0 Å². The molecule has 2 aromatic rings. The monoisotopic (exact) mass is 230 g/mol.